The lowest BCUT2D eigenvalue weighted by Gasteiger charge is -2.16. The Labute approximate surface area is 118 Å². The van der Waals surface area contributed by atoms with E-state index in [0.717, 1.165) is 31.6 Å². The SMILES string of the molecule is O=C(Nc1cnn([C@H]2CCOC2)c1)[C@H]1C[C@H]2C=C[C@H]1C2. The molecule has 106 valence electrons. The van der Waals surface area contributed by atoms with E-state index in [9.17, 15) is 4.79 Å². The predicted molar refractivity (Wildman–Crippen MR) is 74.2 cm³/mol. The molecule has 1 saturated heterocycles. The number of ether oxygens (including phenoxy) is 1. The zero-order valence-corrected chi connectivity index (χ0v) is 11.4. The van der Waals surface area contributed by atoms with Gasteiger partial charge in [0.05, 0.1) is 24.5 Å². The van der Waals surface area contributed by atoms with Crippen LogP contribution in [0, 0.1) is 17.8 Å². The number of hydrogen-bond donors (Lipinski definition) is 1. The number of aromatic nitrogens is 2. The Hall–Kier alpha value is -1.62. The normalized spacial score (nSPS) is 34.8. The smallest absolute Gasteiger partial charge is 0.228 e. The number of carbonyl (C=O) groups excluding carboxylic acids is 1. The highest BCUT2D eigenvalue weighted by atomic mass is 16.5. The number of nitrogens with one attached hydrogen (secondary N) is 1. The second-order valence-electron chi connectivity index (χ2n) is 6.10. The summed E-state index contributed by atoms with van der Waals surface area (Å²) in [5.41, 5.74) is 0.800. The molecule has 0 radical (unpaired) electrons. The molecule has 3 aliphatic rings. The summed E-state index contributed by atoms with van der Waals surface area (Å²) in [6, 6.07) is 0.311. The van der Waals surface area contributed by atoms with Gasteiger partial charge in [0.2, 0.25) is 5.91 Å². The van der Waals surface area contributed by atoms with Crippen molar-refractivity contribution in [1.29, 1.82) is 0 Å². The van der Waals surface area contributed by atoms with Gasteiger partial charge in [-0.1, -0.05) is 12.2 Å². The number of amides is 1. The van der Waals surface area contributed by atoms with Gasteiger partial charge in [-0.15, -0.1) is 0 Å². The van der Waals surface area contributed by atoms with Crippen LogP contribution < -0.4 is 5.32 Å². The van der Waals surface area contributed by atoms with Crippen molar-refractivity contribution < 1.29 is 9.53 Å². The van der Waals surface area contributed by atoms with E-state index >= 15 is 0 Å². The molecule has 5 heteroatoms. The quantitative estimate of drug-likeness (QED) is 0.857. The standard InChI is InChI=1S/C15H19N3O2/c19-15(14-6-10-1-2-11(14)5-10)17-12-7-16-18(8-12)13-3-4-20-9-13/h1-2,7-8,10-11,13-14H,3-6,9H2,(H,17,19)/t10-,11-,13-,14-/m0/s1. The first-order valence-electron chi connectivity index (χ1n) is 7.40. The summed E-state index contributed by atoms with van der Waals surface area (Å²) < 4.78 is 7.27. The lowest BCUT2D eigenvalue weighted by molar-refractivity contribution is -0.120. The topological polar surface area (TPSA) is 56.2 Å². The van der Waals surface area contributed by atoms with E-state index in [1.165, 1.54) is 0 Å². The van der Waals surface area contributed by atoms with Gasteiger partial charge in [0.15, 0.2) is 0 Å². The largest absolute Gasteiger partial charge is 0.379 e. The number of fused-ring (bicyclic) bond motifs is 2. The van der Waals surface area contributed by atoms with Gasteiger partial charge >= 0.3 is 0 Å². The number of hydrogen-bond acceptors (Lipinski definition) is 3. The molecule has 1 amide bonds. The van der Waals surface area contributed by atoms with Crippen molar-refractivity contribution in [1.82, 2.24) is 9.78 Å². The average molecular weight is 273 g/mol. The van der Waals surface area contributed by atoms with Crippen molar-refractivity contribution in [2.75, 3.05) is 18.5 Å². The van der Waals surface area contributed by atoms with Crippen molar-refractivity contribution in [3.05, 3.63) is 24.5 Å². The van der Waals surface area contributed by atoms with E-state index in [1.807, 2.05) is 10.9 Å². The van der Waals surface area contributed by atoms with Gasteiger partial charge in [0.1, 0.15) is 0 Å². The van der Waals surface area contributed by atoms with E-state index in [-0.39, 0.29) is 11.8 Å². The molecule has 0 unspecified atom stereocenters. The van der Waals surface area contributed by atoms with Crippen LogP contribution in [0.25, 0.3) is 0 Å². The Kier molecular flexibility index (Phi) is 2.88. The van der Waals surface area contributed by atoms with Crippen molar-refractivity contribution in [2.45, 2.75) is 25.3 Å². The molecule has 2 fully saturated rings. The molecule has 2 heterocycles. The molecule has 1 aliphatic heterocycles. The maximum atomic E-state index is 12.3. The third-order valence-electron chi connectivity index (χ3n) is 4.76. The minimum Gasteiger partial charge on any atom is -0.379 e. The van der Waals surface area contributed by atoms with E-state index in [1.54, 1.807) is 6.20 Å². The summed E-state index contributed by atoms with van der Waals surface area (Å²) in [5.74, 6) is 1.35. The van der Waals surface area contributed by atoms with E-state index in [2.05, 4.69) is 22.6 Å². The van der Waals surface area contributed by atoms with Gasteiger partial charge < -0.3 is 10.1 Å². The molecule has 2 bridgehead atoms. The van der Waals surface area contributed by atoms with Crippen LogP contribution in [0.5, 0.6) is 0 Å². The first-order chi connectivity index (χ1) is 9.79. The molecular weight excluding hydrogens is 254 g/mol. The highest BCUT2D eigenvalue weighted by molar-refractivity contribution is 5.93. The van der Waals surface area contributed by atoms with Crippen molar-refractivity contribution in [3.63, 3.8) is 0 Å². The molecule has 1 aromatic rings. The highest BCUT2D eigenvalue weighted by Crippen LogP contribution is 2.43. The Morgan fingerprint density at radius 1 is 1.40 bits per heavy atom. The maximum Gasteiger partial charge on any atom is 0.228 e. The maximum absolute atomic E-state index is 12.3. The summed E-state index contributed by atoms with van der Waals surface area (Å²) in [6.07, 6.45) is 11.3. The summed E-state index contributed by atoms with van der Waals surface area (Å²) >= 11 is 0. The lowest BCUT2D eigenvalue weighted by Crippen LogP contribution is -2.25. The third-order valence-corrected chi connectivity index (χ3v) is 4.76. The molecule has 1 N–H and O–H groups in total. The zero-order valence-electron chi connectivity index (χ0n) is 11.4. The number of rotatable bonds is 3. The first-order valence-corrected chi connectivity index (χ1v) is 7.40. The van der Waals surface area contributed by atoms with Crippen LogP contribution in [0.15, 0.2) is 24.5 Å². The number of carbonyl (C=O) groups is 1. The van der Waals surface area contributed by atoms with Gasteiger partial charge in [0.25, 0.3) is 0 Å². The fourth-order valence-corrected chi connectivity index (χ4v) is 3.65. The fourth-order valence-electron chi connectivity index (χ4n) is 3.65. The highest BCUT2D eigenvalue weighted by Gasteiger charge is 2.39. The average Bonchev–Trinajstić information content (AvgIpc) is 3.22. The molecule has 1 saturated carbocycles. The van der Waals surface area contributed by atoms with Crippen LogP contribution in [-0.4, -0.2) is 28.9 Å². The van der Waals surface area contributed by atoms with E-state index in [0.29, 0.717) is 24.5 Å². The van der Waals surface area contributed by atoms with Gasteiger partial charge in [-0.3, -0.25) is 9.48 Å². The molecule has 1 aromatic heterocycles. The predicted octanol–water partition coefficient (Wildman–Crippen LogP) is 2.00. The Balaban J connectivity index is 1.41. The fraction of sp³-hybridized carbons (Fsp3) is 0.600. The number of anilines is 1. The summed E-state index contributed by atoms with van der Waals surface area (Å²) in [6.45, 7) is 1.51. The van der Waals surface area contributed by atoms with Crippen LogP contribution in [0.3, 0.4) is 0 Å². The van der Waals surface area contributed by atoms with E-state index < -0.39 is 0 Å². The minimum atomic E-state index is 0.142. The van der Waals surface area contributed by atoms with Crippen LogP contribution in [0.1, 0.15) is 25.3 Å². The van der Waals surface area contributed by atoms with E-state index in [4.69, 9.17) is 4.74 Å². The number of allylic oxidation sites excluding steroid dienone is 2. The molecule has 0 aromatic carbocycles. The Bertz CT molecular complexity index is 545. The third kappa shape index (κ3) is 2.06. The molecule has 20 heavy (non-hydrogen) atoms. The van der Waals surface area contributed by atoms with Gasteiger partial charge in [-0.05, 0) is 31.1 Å². The first kappa shape index (κ1) is 12.1. The monoisotopic (exact) mass is 273 g/mol. The lowest BCUT2D eigenvalue weighted by atomic mass is 9.93. The molecule has 4 atom stereocenters. The summed E-state index contributed by atoms with van der Waals surface area (Å²) in [4.78, 5) is 12.3. The van der Waals surface area contributed by atoms with Crippen LogP contribution in [0.2, 0.25) is 0 Å². The van der Waals surface area contributed by atoms with Crippen LogP contribution in [-0.2, 0) is 9.53 Å². The van der Waals surface area contributed by atoms with Crippen molar-refractivity contribution >= 4 is 11.6 Å². The summed E-state index contributed by atoms with van der Waals surface area (Å²) in [5, 5.41) is 7.35. The second-order valence-corrected chi connectivity index (χ2v) is 6.10. The Morgan fingerprint density at radius 3 is 3.05 bits per heavy atom. The molecule has 0 spiro atoms. The molecule has 4 rings (SSSR count). The zero-order chi connectivity index (χ0) is 13.5. The number of nitrogens with zero attached hydrogens (tertiary/aromatic N) is 2. The van der Waals surface area contributed by atoms with Gasteiger partial charge in [0, 0.05) is 18.7 Å². The summed E-state index contributed by atoms with van der Waals surface area (Å²) in [7, 11) is 0. The van der Waals surface area contributed by atoms with Crippen molar-refractivity contribution in [3.8, 4) is 0 Å². The minimum absolute atomic E-state index is 0.142. The molecule has 2 aliphatic carbocycles. The van der Waals surface area contributed by atoms with Crippen LogP contribution in [0.4, 0.5) is 5.69 Å². The second kappa shape index (κ2) is 4.74. The molecular formula is C15H19N3O2. The van der Waals surface area contributed by atoms with Gasteiger partial charge in [-0.25, -0.2) is 0 Å². The Morgan fingerprint density at radius 2 is 2.35 bits per heavy atom. The van der Waals surface area contributed by atoms with Crippen LogP contribution >= 0.6 is 0 Å². The van der Waals surface area contributed by atoms with Crippen molar-refractivity contribution in [2.24, 2.45) is 17.8 Å². The molecule has 5 nitrogen and oxygen atoms in total. The van der Waals surface area contributed by atoms with Gasteiger partial charge in [-0.2, -0.15) is 5.10 Å².